The van der Waals surface area contributed by atoms with Crippen LogP contribution in [-0.4, -0.2) is 18.0 Å². The van der Waals surface area contributed by atoms with Crippen molar-refractivity contribution in [3.63, 3.8) is 0 Å². The van der Waals surface area contributed by atoms with E-state index in [1.54, 1.807) is 24.3 Å². The van der Waals surface area contributed by atoms with E-state index in [0.29, 0.717) is 0 Å². The Kier molecular flexibility index (Phi) is 14.5. The van der Waals surface area contributed by atoms with Crippen LogP contribution in [0, 0.1) is 0 Å². The number of hydrogen-bond donors (Lipinski definition) is 1. The molecule has 0 aliphatic heterocycles. The minimum atomic E-state index is 0.0643. The van der Waals surface area contributed by atoms with Crippen LogP contribution in [0.25, 0.3) is 0 Å². The predicted octanol–water partition coefficient (Wildman–Crippen LogP) is 3.63. The van der Waals surface area contributed by atoms with Gasteiger partial charge in [-0.05, 0) is 6.08 Å². The quantitative estimate of drug-likeness (QED) is 0.394. The monoisotopic (exact) mass is 268 g/mol. The molecular weight excluding hydrogens is 248 g/mol. The fraction of sp³-hybridized carbons (Fsp3) is 0.0556. The molecule has 0 spiro atoms. The third-order valence-electron chi connectivity index (χ3n) is 1.88. The Labute approximate surface area is 120 Å². The van der Waals surface area contributed by atoms with Gasteiger partial charge in [0.2, 0.25) is 0 Å². The highest BCUT2D eigenvalue weighted by Gasteiger charge is 1.65. The highest BCUT2D eigenvalue weighted by molar-refractivity contribution is 5.65. The number of aliphatic hydroxyl groups is 1. The summed E-state index contributed by atoms with van der Waals surface area (Å²) < 4.78 is 0. The van der Waals surface area contributed by atoms with Crippen molar-refractivity contribution >= 4 is 6.29 Å². The second-order valence-electron chi connectivity index (χ2n) is 3.44. The molecule has 2 nitrogen and oxygen atoms in total. The van der Waals surface area contributed by atoms with Crippen LogP contribution in [0.1, 0.15) is 0 Å². The molecule has 104 valence electrons. The molecular formula is C18H20O2. The highest BCUT2D eigenvalue weighted by Crippen LogP contribution is 1.85. The first-order valence-electron chi connectivity index (χ1n) is 6.29. The summed E-state index contributed by atoms with van der Waals surface area (Å²) in [6, 6.07) is 0. The molecule has 20 heavy (non-hydrogen) atoms. The first-order valence-corrected chi connectivity index (χ1v) is 6.29. The molecule has 0 atom stereocenters. The van der Waals surface area contributed by atoms with Crippen molar-refractivity contribution in [2.75, 3.05) is 6.61 Å². The molecule has 0 radical (unpaired) electrons. The molecule has 0 bridgehead atoms. The maximum Gasteiger partial charge on any atom is 0.142 e. The summed E-state index contributed by atoms with van der Waals surface area (Å²) in [5.74, 6) is 0. The van der Waals surface area contributed by atoms with Crippen LogP contribution < -0.4 is 0 Å². The number of carbonyl (C=O) groups excluding carboxylic acids is 1. The van der Waals surface area contributed by atoms with Crippen LogP contribution in [0.5, 0.6) is 0 Å². The van der Waals surface area contributed by atoms with Crippen molar-refractivity contribution in [1.29, 1.82) is 0 Å². The highest BCUT2D eigenvalue weighted by atomic mass is 16.2. The number of aldehydes is 1. The van der Waals surface area contributed by atoms with Crippen LogP contribution in [0.3, 0.4) is 0 Å². The summed E-state index contributed by atoms with van der Waals surface area (Å²) in [6.07, 6.45) is 30.0. The van der Waals surface area contributed by atoms with E-state index in [0.717, 1.165) is 6.29 Å². The van der Waals surface area contributed by atoms with Gasteiger partial charge in [-0.15, -0.1) is 0 Å². The van der Waals surface area contributed by atoms with Crippen molar-refractivity contribution < 1.29 is 9.90 Å². The van der Waals surface area contributed by atoms with Gasteiger partial charge in [-0.25, -0.2) is 0 Å². The first-order chi connectivity index (χ1) is 9.91. The fourth-order valence-corrected chi connectivity index (χ4v) is 1.02. The number of hydrogen-bond acceptors (Lipinski definition) is 2. The largest absolute Gasteiger partial charge is 0.392 e. The van der Waals surface area contributed by atoms with E-state index in [1.807, 2.05) is 66.8 Å². The Morgan fingerprint density at radius 2 is 0.800 bits per heavy atom. The van der Waals surface area contributed by atoms with Gasteiger partial charge in [0.15, 0.2) is 0 Å². The number of rotatable bonds is 9. The minimum absolute atomic E-state index is 0.0643. The molecule has 0 unspecified atom stereocenters. The van der Waals surface area contributed by atoms with Crippen LogP contribution in [0.2, 0.25) is 0 Å². The van der Waals surface area contributed by atoms with Gasteiger partial charge in [-0.3, -0.25) is 4.79 Å². The van der Waals surface area contributed by atoms with Crippen molar-refractivity contribution in [3.8, 4) is 0 Å². The van der Waals surface area contributed by atoms with Gasteiger partial charge < -0.3 is 5.11 Å². The van der Waals surface area contributed by atoms with E-state index in [-0.39, 0.29) is 6.61 Å². The maximum absolute atomic E-state index is 9.97. The average molecular weight is 268 g/mol. The third kappa shape index (κ3) is 15.6. The van der Waals surface area contributed by atoms with Gasteiger partial charge in [0.1, 0.15) is 6.29 Å². The zero-order valence-corrected chi connectivity index (χ0v) is 11.4. The normalized spacial score (nSPS) is 14.1. The molecule has 1 N–H and O–H groups in total. The molecule has 0 heterocycles. The first kappa shape index (κ1) is 17.6. The molecule has 0 rings (SSSR count). The molecule has 0 aliphatic carbocycles. The van der Waals surface area contributed by atoms with E-state index in [1.165, 1.54) is 6.08 Å². The molecule has 0 fully saturated rings. The van der Waals surface area contributed by atoms with E-state index in [4.69, 9.17) is 5.11 Å². The molecule has 2 heteroatoms. The molecule has 0 saturated carbocycles. The van der Waals surface area contributed by atoms with Gasteiger partial charge in [-0.2, -0.15) is 0 Å². The fourth-order valence-electron chi connectivity index (χ4n) is 1.02. The lowest BCUT2D eigenvalue weighted by Crippen LogP contribution is -1.66. The summed E-state index contributed by atoms with van der Waals surface area (Å²) >= 11 is 0. The maximum atomic E-state index is 9.97. The lowest BCUT2D eigenvalue weighted by Gasteiger charge is -1.76. The van der Waals surface area contributed by atoms with Crippen molar-refractivity contribution in [2.24, 2.45) is 0 Å². The summed E-state index contributed by atoms with van der Waals surface area (Å²) in [7, 11) is 0. The van der Waals surface area contributed by atoms with Crippen molar-refractivity contribution in [2.45, 2.75) is 0 Å². The second-order valence-corrected chi connectivity index (χ2v) is 3.44. The summed E-state index contributed by atoms with van der Waals surface area (Å²) in [6.45, 7) is 0.0643. The van der Waals surface area contributed by atoms with Crippen LogP contribution in [-0.2, 0) is 4.79 Å². The molecule has 0 aromatic carbocycles. The van der Waals surface area contributed by atoms with E-state index in [9.17, 15) is 4.79 Å². The smallest absolute Gasteiger partial charge is 0.142 e. The molecule has 0 saturated heterocycles. The Balaban J connectivity index is 3.83. The molecule has 0 amide bonds. The van der Waals surface area contributed by atoms with Gasteiger partial charge >= 0.3 is 0 Å². The predicted molar refractivity (Wildman–Crippen MR) is 86.3 cm³/mol. The van der Waals surface area contributed by atoms with E-state index in [2.05, 4.69) is 0 Å². The summed E-state index contributed by atoms with van der Waals surface area (Å²) in [5.41, 5.74) is 0. The van der Waals surface area contributed by atoms with Crippen LogP contribution in [0.15, 0.2) is 97.2 Å². The van der Waals surface area contributed by atoms with Crippen molar-refractivity contribution in [1.82, 2.24) is 0 Å². The SMILES string of the molecule is O=C/C=C/C=C/C=C/C=C/C=C/C=C/C=C/C=C/CO. The number of allylic oxidation sites excluding steroid dienone is 15. The minimum Gasteiger partial charge on any atom is -0.392 e. The summed E-state index contributed by atoms with van der Waals surface area (Å²) in [4.78, 5) is 9.97. The van der Waals surface area contributed by atoms with Gasteiger partial charge in [-0.1, -0.05) is 91.1 Å². The Morgan fingerprint density at radius 1 is 0.500 bits per heavy atom. The number of carbonyl (C=O) groups is 1. The standard InChI is InChI=1S/C18H20O2/c19-17-15-13-11-9-7-5-3-1-2-4-6-8-10-12-14-16-18-20/h1-17,20H,18H2/b3-1+,4-2+,7-5+,8-6+,11-9+,12-10+,15-13+,16-14+. The zero-order valence-electron chi connectivity index (χ0n) is 11.4. The van der Waals surface area contributed by atoms with E-state index >= 15 is 0 Å². The van der Waals surface area contributed by atoms with Crippen LogP contribution in [0.4, 0.5) is 0 Å². The van der Waals surface area contributed by atoms with Gasteiger partial charge in [0, 0.05) is 0 Å². The second kappa shape index (κ2) is 16.6. The third-order valence-corrected chi connectivity index (χ3v) is 1.88. The van der Waals surface area contributed by atoms with Gasteiger partial charge in [0.25, 0.3) is 0 Å². The molecule has 0 aromatic rings. The van der Waals surface area contributed by atoms with Crippen LogP contribution >= 0.6 is 0 Å². The topological polar surface area (TPSA) is 37.3 Å². The van der Waals surface area contributed by atoms with Gasteiger partial charge in [0.05, 0.1) is 6.61 Å². The zero-order chi connectivity index (χ0) is 14.7. The van der Waals surface area contributed by atoms with Crippen molar-refractivity contribution in [3.05, 3.63) is 97.2 Å². The molecule has 0 aliphatic rings. The Morgan fingerprint density at radius 3 is 1.10 bits per heavy atom. The summed E-state index contributed by atoms with van der Waals surface area (Å²) in [5, 5.41) is 8.50. The Bertz CT molecular complexity index is 456. The number of aliphatic hydroxyl groups excluding tert-OH is 1. The molecule has 0 aromatic heterocycles. The lowest BCUT2D eigenvalue weighted by molar-refractivity contribution is -0.104. The lowest BCUT2D eigenvalue weighted by atomic mass is 10.3. The van der Waals surface area contributed by atoms with E-state index < -0.39 is 0 Å². The Hall–Kier alpha value is -2.45. The average Bonchev–Trinajstić information content (AvgIpc) is 2.47.